The average molecular weight is 390 g/mol. The fourth-order valence-electron chi connectivity index (χ4n) is 2.33. The number of nitrogens with one attached hydrogen (secondary N) is 2. The molecule has 2 aromatic carbocycles. The summed E-state index contributed by atoms with van der Waals surface area (Å²) >= 11 is 6.03. The van der Waals surface area contributed by atoms with Gasteiger partial charge in [-0.1, -0.05) is 17.7 Å². The van der Waals surface area contributed by atoms with Crippen LogP contribution >= 0.6 is 11.6 Å². The Balaban J connectivity index is 1.78. The van der Waals surface area contributed by atoms with E-state index in [0.717, 1.165) is 12.1 Å². The summed E-state index contributed by atoms with van der Waals surface area (Å²) in [7, 11) is 1.49. The standard InChI is InChI=1S/C19H14ClF2N3O2/c1-27-17-6-5-11(9-13(17)20)25-19(26)16-10-12(7-8-23-16)24-18-14(21)3-2-4-15(18)22/h2-10H,1H3,(H,23,24)(H,25,26). The molecule has 0 unspecified atom stereocenters. The van der Waals surface area contributed by atoms with Crippen LogP contribution in [0.1, 0.15) is 10.5 Å². The lowest BCUT2D eigenvalue weighted by molar-refractivity contribution is 0.102. The van der Waals surface area contributed by atoms with Crippen LogP contribution in [0, 0.1) is 11.6 Å². The van der Waals surface area contributed by atoms with E-state index in [0.29, 0.717) is 22.1 Å². The van der Waals surface area contributed by atoms with E-state index in [4.69, 9.17) is 16.3 Å². The highest BCUT2D eigenvalue weighted by molar-refractivity contribution is 6.32. The van der Waals surface area contributed by atoms with Gasteiger partial charge >= 0.3 is 0 Å². The van der Waals surface area contributed by atoms with Crippen LogP contribution in [0.15, 0.2) is 54.7 Å². The minimum absolute atomic E-state index is 0.0590. The minimum atomic E-state index is -0.745. The molecule has 0 saturated carbocycles. The van der Waals surface area contributed by atoms with Crippen molar-refractivity contribution in [3.63, 3.8) is 0 Å². The molecule has 138 valence electrons. The number of pyridine rings is 1. The predicted octanol–water partition coefficient (Wildman–Crippen LogP) is 5.02. The van der Waals surface area contributed by atoms with E-state index in [1.165, 1.54) is 37.6 Å². The number of anilines is 3. The molecular weight excluding hydrogens is 376 g/mol. The fourth-order valence-corrected chi connectivity index (χ4v) is 2.59. The number of hydrogen-bond acceptors (Lipinski definition) is 4. The highest BCUT2D eigenvalue weighted by Crippen LogP contribution is 2.28. The smallest absolute Gasteiger partial charge is 0.274 e. The summed E-state index contributed by atoms with van der Waals surface area (Å²) in [5.74, 6) is -1.52. The number of aromatic nitrogens is 1. The summed E-state index contributed by atoms with van der Waals surface area (Å²) in [4.78, 5) is 16.4. The van der Waals surface area contributed by atoms with Crippen LogP contribution in [0.4, 0.5) is 25.8 Å². The summed E-state index contributed by atoms with van der Waals surface area (Å²) < 4.78 is 32.6. The van der Waals surface area contributed by atoms with E-state index in [-0.39, 0.29) is 11.4 Å². The van der Waals surface area contributed by atoms with Crippen molar-refractivity contribution in [3.05, 3.63) is 77.1 Å². The van der Waals surface area contributed by atoms with Gasteiger partial charge in [0.25, 0.3) is 5.91 Å². The molecule has 0 aliphatic heterocycles. The van der Waals surface area contributed by atoms with Crippen molar-refractivity contribution in [3.8, 4) is 5.75 Å². The monoisotopic (exact) mass is 389 g/mol. The highest BCUT2D eigenvalue weighted by Gasteiger charge is 2.12. The third-order valence-electron chi connectivity index (χ3n) is 3.63. The largest absolute Gasteiger partial charge is 0.495 e. The maximum Gasteiger partial charge on any atom is 0.274 e. The molecule has 0 spiro atoms. The fraction of sp³-hybridized carbons (Fsp3) is 0.0526. The zero-order chi connectivity index (χ0) is 19.4. The third kappa shape index (κ3) is 4.32. The van der Waals surface area contributed by atoms with Gasteiger partial charge < -0.3 is 15.4 Å². The Kier molecular flexibility index (Phi) is 5.52. The highest BCUT2D eigenvalue weighted by atomic mass is 35.5. The number of nitrogens with zero attached hydrogens (tertiary/aromatic N) is 1. The molecule has 1 amide bonds. The number of ether oxygens (including phenoxy) is 1. The SMILES string of the molecule is COc1ccc(NC(=O)c2cc(Nc3c(F)cccc3F)ccn2)cc1Cl. The van der Waals surface area contributed by atoms with Gasteiger partial charge in [0.05, 0.1) is 12.1 Å². The lowest BCUT2D eigenvalue weighted by atomic mass is 10.2. The van der Waals surface area contributed by atoms with E-state index in [1.807, 2.05) is 0 Å². The van der Waals surface area contributed by atoms with E-state index < -0.39 is 17.5 Å². The number of halogens is 3. The van der Waals surface area contributed by atoms with Gasteiger partial charge in [0, 0.05) is 17.6 Å². The van der Waals surface area contributed by atoms with Crippen LogP contribution in [0.3, 0.4) is 0 Å². The minimum Gasteiger partial charge on any atom is -0.495 e. The summed E-state index contributed by atoms with van der Waals surface area (Å²) in [5, 5.41) is 5.60. The van der Waals surface area contributed by atoms with Crippen molar-refractivity contribution in [1.29, 1.82) is 0 Å². The first-order valence-electron chi connectivity index (χ1n) is 7.80. The quantitative estimate of drug-likeness (QED) is 0.643. The Hall–Kier alpha value is -3.19. The molecule has 2 N–H and O–H groups in total. The predicted molar refractivity (Wildman–Crippen MR) is 99.8 cm³/mol. The second-order valence-corrected chi connectivity index (χ2v) is 5.86. The molecule has 3 aromatic rings. The molecular formula is C19H14ClF2N3O2. The first-order valence-corrected chi connectivity index (χ1v) is 8.17. The number of methoxy groups -OCH3 is 1. The van der Waals surface area contributed by atoms with Gasteiger partial charge in [-0.05, 0) is 42.5 Å². The van der Waals surface area contributed by atoms with Gasteiger partial charge in [-0.25, -0.2) is 8.78 Å². The van der Waals surface area contributed by atoms with E-state index in [1.54, 1.807) is 12.1 Å². The maximum absolute atomic E-state index is 13.8. The van der Waals surface area contributed by atoms with Crippen LogP contribution in [0.2, 0.25) is 5.02 Å². The Morgan fingerprint density at radius 1 is 1.07 bits per heavy atom. The first-order chi connectivity index (χ1) is 13.0. The van der Waals surface area contributed by atoms with E-state index >= 15 is 0 Å². The Morgan fingerprint density at radius 2 is 1.81 bits per heavy atom. The van der Waals surface area contributed by atoms with Crippen LogP contribution in [-0.4, -0.2) is 18.0 Å². The van der Waals surface area contributed by atoms with Crippen LogP contribution < -0.4 is 15.4 Å². The van der Waals surface area contributed by atoms with Crippen molar-refractivity contribution in [2.75, 3.05) is 17.7 Å². The van der Waals surface area contributed by atoms with Crippen molar-refractivity contribution >= 4 is 34.6 Å². The molecule has 0 saturated heterocycles. The lowest BCUT2D eigenvalue weighted by Crippen LogP contribution is -2.14. The van der Waals surface area contributed by atoms with Crippen molar-refractivity contribution in [1.82, 2.24) is 4.98 Å². The zero-order valence-electron chi connectivity index (χ0n) is 14.1. The number of carbonyl (C=O) groups excluding carboxylic acids is 1. The second-order valence-electron chi connectivity index (χ2n) is 5.45. The molecule has 0 aliphatic carbocycles. The van der Waals surface area contributed by atoms with E-state index in [9.17, 15) is 13.6 Å². The summed E-state index contributed by atoms with van der Waals surface area (Å²) in [6, 6.07) is 11.2. The topological polar surface area (TPSA) is 63.2 Å². The molecule has 8 heteroatoms. The molecule has 0 aliphatic rings. The Bertz CT molecular complexity index is 978. The van der Waals surface area contributed by atoms with Crippen molar-refractivity contribution < 1.29 is 18.3 Å². The number of rotatable bonds is 5. The molecule has 1 aromatic heterocycles. The van der Waals surface area contributed by atoms with Crippen molar-refractivity contribution in [2.45, 2.75) is 0 Å². The first kappa shape index (κ1) is 18.6. The van der Waals surface area contributed by atoms with Gasteiger partial charge in [0.15, 0.2) is 0 Å². The van der Waals surface area contributed by atoms with Crippen LogP contribution in [0.5, 0.6) is 5.75 Å². The van der Waals surface area contributed by atoms with E-state index in [2.05, 4.69) is 15.6 Å². The van der Waals surface area contributed by atoms with Gasteiger partial charge in [0.1, 0.15) is 28.8 Å². The lowest BCUT2D eigenvalue weighted by Gasteiger charge is -2.10. The van der Waals surface area contributed by atoms with Crippen LogP contribution in [0.25, 0.3) is 0 Å². The molecule has 0 fully saturated rings. The van der Waals surface area contributed by atoms with Gasteiger partial charge in [-0.2, -0.15) is 0 Å². The summed E-state index contributed by atoms with van der Waals surface area (Å²) in [6.45, 7) is 0. The van der Waals surface area contributed by atoms with Crippen LogP contribution in [-0.2, 0) is 0 Å². The van der Waals surface area contributed by atoms with Gasteiger partial charge in [-0.3, -0.25) is 9.78 Å². The molecule has 0 atom stereocenters. The second kappa shape index (κ2) is 8.01. The molecule has 5 nitrogen and oxygen atoms in total. The van der Waals surface area contributed by atoms with Gasteiger partial charge in [0.2, 0.25) is 0 Å². The van der Waals surface area contributed by atoms with Crippen molar-refractivity contribution in [2.24, 2.45) is 0 Å². The maximum atomic E-state index is 13.8. The normalized spacial score (nSPS) is 10.4. The molecule has 0 radical (unpaired) electrons. The number of benzene rings is 2. The number of amides is 1. The number of carbonyl (C=O) groups is 1. The average Bonchev–Trinajstić information content (AvgIpc) is 2.65. The molecule has 1 heterocycles. The molecule has 27 heavy (non-hydrogen) atoms. The number of para-hydroxylation sites is 1. The third-order valence-corrected chi connectivity index (χ3v) is 3.93. The zero-order valence-corrected chi connectivity index (χ0v) is 14.8. The molecule has 3 rings (SSSR count). The van der Waals surface area contributed by atoms with Gasteiger partial charge in [-0.15, -0.1) is 0 Å². The summed E-state index contributed by atoms with van der Waals surface area (Å²) in [6.07, 6.45) is 1.36. The molecule has 0 bridgehead atoms. The summed E-state index contributed by atoms with van der Waals surface area (Å²) in [5.41, 5.74) is 0.513. The Labute approximate surface area is 159 Å². The number of hydrogen-bond donors (Lipinski definition) is 2. The Morgan fingerprint density at radius 3 is 2.48 bits per heavy atom.